The summed E-state index contributed by atoms with van der Waals surface area (Å²) in [6.45, 7) is 2.42. The van der Waals surface area contributed by atoms with Gasteiger partial charge in [0.1, 0.15) is 5.75 Å². The average Bonchev–Trinajstić information content (AvgIpc) is 2.38. The fraction of sp³-hybridized carbons (Fsp3) is 0.538. The summed E-state index contributed by atoms with van der Waals surface area (Å²) in [6.07, 6.45) is 2.15. The second kappa shape index (κ2) is 6.12. The first-order chi connectivity index (χ1) is 8.29. The quantitative estimate of drug-likeness (QED) is 0.896. The van der Waals surface area contributed by atoms with Gasteiger partial charge in [0.25, 0.3) is 0 Å². The Morgan fingerprint density at radius 3 is 2.82 bits per heavy atom. The predicted molar refractivity (Wildman–Crippen MR) is 70.0 cm³/mol. The van der Waals surface area contributed by atoms with Crippen LogP contribution in [0.3, 0.4) is 0 Å². The third-order valence-electron chi connectivity index (χ3n) is 3.04. The fourth-order valence-corrected chi connectivity index (χ4v) is 2.13. The standard InChI is InChI=1S/C13H18ClNO2/c1-15-11-2-3-13(12(14)8-11)17-9-10-4-6-16-7-5-10/h2-3,8,10,15H,4-7,9H2,1H3. The molecule has 2 rings (SSSR count). The highest BCUT2D eigenvalue weighted by Crippen LogP contribution is 2.28. The Morgan fingerprint density at radius 1 is 1.41 bits per heavy atom. The fourth-order valence-electron chi connectivity index (χ4n) is 1.89. The van der Waals surface area contributed by atoms with Crippen LogP contribution in [0, 0.1) is 5.92 Å². The highest BCUT2D eigenvalue weighted by Gasteiger charge is 2.15. The topological polar surface area (TPSA) is 30.5 Å². The minimum atomic E-state index is 0.587. The zero-order valence-electron chi connectivity index (χ0n) is 10.0. The van der Waals surface area contributed by atoms with Gasteiger partial charge in [-0.05, 0) is 37.0 Å². The molecular formula is C13H18ClNO2. The van der Waals surface area contributed by atoms with Crippen LogP contribution in [-0.4, -0.2) is 26.9 Å². The van der Waals surface area contributed by atoms with Gasteiger partial charge < -0.3 is 14.8 Å². The molecule has 1 heterocycles. The molecule has 1 saturated heterocycles. The second-order valence-electron chi connectivity index (χ2n) is 4.26. The average molecular weight is 256 g/mol. The van der Waals surface area contributed by atoms with Crippen LogP contribution in [0.25, 0.3) is 0 Å². The number of benzene rings is 1. The van der Waals surface area contributed by atoms with Gasteiger partial charge in [-0.15, -0.1) is 0 Å². The van der Waals surface area contributed by atoms with Gasteiger partial charge in [-0.1, -0.05) is 11.6 Å². The molecule has 4 heteroatoms. The minimum Gasteiger partial charge on any atom is -0.492 e. The molecular weight excluding hydrogens is 238 g/mol. The Hall–Kier alpha value is -0.930. The molecule has 1 fully saturated rings. The van der Waals surface area contributed by atoms with Crippen molar-refractivity contribution in [2.75, 3.05) is 32.2 Å². The van der Waals surface area contributed by atoms with Crippen LogP contribution >= 0.6 is 11.6 Å². The molecule has 0 amide bonds. The number of hydrogen-bond acceptors (Lipinski definition) is 3. The maximum atomic E-state index is 6.14. The van der Waals surface area contributed by atoms with Crippen LogP contribution in [0.4, 0.5) is 5.69 Å². The molecule has 0 atom stereocenters. The smallest absolute Gasteiger partial charge is 0.138 e. The predicted octanol–water partition coefficient (Wildman–Crippen LogP) is 3.19. The summed E-state index contributed by atoms with van der Waals surface area (Å²) < 4.78 is 11.1. The highest BCUT2D eigenvalue weighted by atomic mass is 35.5. The Balaban J connectivity index is 1.89. The Morgan fingerprint density at radius 2 is 2.18 bits per heavy atom. The molecule has 0 unspecified atom stereocenters. The van der Waals surface area contributed by atoms with Crippen LogP contribution < -0.4 is 10.1 Å². The zero-order valence-corrected chi connectivity index (χ0v) is 10.8. The monoisotopic (exact) mass is 255 g/mol. The summed E-state index contributed by atoms with van der Waals surface area (Å²) in [5, 5.41) is 3.70. The molecule has 1 aromatic carbocycles. The summed E-state index contributed by atoms with van der Waals surface area (Å²) in [5.74, 6) is 1.35. The zero-order chi connectivity index (χ0) is 12.1. The van der Waals surface area contributed by atoms with E-state index in [1.807, 2.05) is 25.2 Å². The molecule has 1 aromatic rings. The lowest BCUT2D eigenvalue weighted by Gasteiger charge is -2.22. The number of hydrogen-bond donors (Lipinski definition) is 1. The van der Waals surface area contributed by atoms with Crippen molar-refractivity contribution in [2.45, 2.75) is 12.8 Å². The van der Waals surface area contributed by atoms with E-state index in [9.17, 15) is 0 Å². The summed E-state index contributed by atoms with van der Waals surface area (Å²) in [5.41, 5.74) is 0.994. The third kappa shape index (κ3) is 3.51. The van der Waals surface area contributed by atoms with Crippen LogP contribution in [0.1, 0.15) is 12.8 Å². The molecule has 3 nitrogen and oxygen atoms in total. The summed E-state index contributed by atoms with van der Waals surface area (Å²) >= 11 is 6.14. The van der Waals surface area contributed by atoms with E-state index in [4.69, 9.17) is 21.1 Å². The molecule has 0 aliphatic carbocycles. The van der Waals surface area contributed by atoms with E-state index >= 15 is 0 Å². The molecule has 0 bridgehead atoms. The summed E-state index contributed by atoms with van der Waals surface area (Å²) in [4.78, 5) is 0. The second-order valence-corrected chi connectivity index (χ2v) is 4.67. The first-order valence-corrected chi connectivity index (χ1v) is 6.35. The van der Waals surface area contributed by atoms with Gasteiger partial charge in [0.15, 0.2) is 0 Å². The maximum absolute atomic E-state index is 6.14. The van der Waals surface area contributed by atoms with Crippen molar-refractivity contribution >= 4 is 17.3 Å². The largest absolute Gasteiger partial charge is 0.492 e. The van der Waals surface area contributed by atoms with Crippen LogP contribution in [0.15, 0.2) is 18.2 Å². The van der Waals surface area contributed by atoms with Crippen LogP contribution in [0.5, 0.6) is 5.75 Å². The number of rotatable bonds is 4. The lowest BCUT2D eigenvalue weighted by atomic mass is 10.0. The maximum Gasteiger partial charge on any atom is 0.138 e. The van der Waals surface area contributed by atoms with E-state index in [0.717, 1.165) is 44.1 Å². The van der Waals surface area contributed by atoms with Gasteiger partial charge in [0.2, 0.25) is 0 Å². The summed E-state index contributed by atoms with van der Waals surface area (Å²) in [6, 6.07) is 5.75. The van der Waals surface area contributed by atoms with Gasteiger partial charge in [-0.2, -0.15) is 0 Å². The summed E-state index contributed by atoms with van der Waals surface area (Å²) in [7, 11) is 1.87. The van der Waals surface area contributed by atoms with Crippen LogP contribution in [0.2, 0.25) is 5.02 Å². The third-order valence-corrected chi connectivity index (χ3v) is 3.33. The SMILES string of the molecule is CNc1ccc(OCC2CCOCC2)c(Cl)c1. The minimum absolute atomic E-state index is 0.587. The van der Waals surface area contributed by atoms with E-state index in [2.05, 4.69) is 5.32 Å². The van der Waals surface area contributed by atoms with E-state index in [1.54, 1.807) is 0 Å². The van der Waals surface area contributed by atoms with Crippen molar-refractivity contribution in [2.24, 2.45) is 5.92 Å². The molecule has 0 radical (unpaired) electrons. The molecule has 1 aliphatic heterocycles. The van der Waals surface area contributed by atoms with Gasteiger partial charge in [-0.3, -0.25) is 0 Å². The molecule has 94 valence electrons. The van der Waals surface area contributed by atoms with E-state index in [0.29, 0.717) is 10.9 Å². The molecule has 1 N–H and O–H groups in total. The van der Waals surface area contributed by atoms with Crippen molar-refractivity contribution in [3.63, 3.8) is 0 Å². The molecule has 0 spiro atoms. The van der Waals surface area contributed by atoms with Crippen molar-refractivity contribution in [1.82, 2.24) is 0 Å². The number of nitrogens with one attached hydrogen (secondary N) is 1. The van der Waals surface area contributed by atoms with Crippen molar-refractivity contribution in [3.8, 4) is 5.75 Å². The Bertz CT molecular complexity index is 364. The first kappa shape index (κ1) is 12.5. The lowest BCUT2D eigenvalue weighted by Crippen LogP contribution is -2.21. The molecule has 1 aliphatic rings. The van der Waals surface area contributed by atoms with Crippen molar-refractivity contribution in [1.29, 1.82) is 0 Å². The van der Waals surface area contributed by atoms with Crippen LogP contribution in [-0.2, 0) is 4.74 Å². The van der Waals surface area contributed by atoms with Gasteiger partial charge in [0, 0.05) is 25.9 Å². The normalized spacial score (nSPS) is 16.8. The number of anilines is 1. The number of ether oxygens (including phenoxy) is 2. The van der Waals surface area contributed by atoms with Gasteiger partial charge >= 0.3 is 0 Å². The van der Waals surface area contributed by atoms with Crippen molar-refractivity contribution < 1.29 is 9.47 Å². The first-order valence-electron chi connectivity index (χ1n) is 5.97. The lowest BCUT2D eigenvalue weighted by molar-refractivity contribution is 0.0498. The highest BCUT2D eigenvalue weighted by molar-refractivity contribution is 6.32. The van der Waals surface area contributed by atoms with E-state index in [1.165, 1.54) is 0 Å². The Labute approximate surface area is 107 Å². The van der Waals surface area contributed by atoms with E-state index < -0.39 is 0 Å². The molecule has 0 saturated carbocycles. The molecule has 17 heavy (non-hydrogen) atoms. The molecule has 0 aromatic heterocycles. The van der Waals surface area contributed by atoms with Gasteiger partial charge in [-0.25, -0.2) is 0 Å². The van der Waals surface area contributed by atoms with Gasteiger partial charge in [0.05, 0.1) is 11.6 Å². The number of halogens is 1. The Kier molecular flexibility index (Phi) is 4.51. The van der Waals surface area contributed by atoms with E-state index in [-0.39, 0.29) is 0 Å². The van der Waals surface area contributed by atoms with Crippen molar-refractivity contribution in [3.05, 3.63) is 23.2 Å².